The maximum atomic E-state index is 5.29. The first-order valence-electron chi connectivity index (χ1n) is 6.94. The molecule has 108 valence electrons. The van der Waals surface area contributed by atoms with Crippen molar-refractivity contribution >= 4 is 0 Å². The highest BCUT2D eigenvalue weighted by Crippen LogP contribution is 2.27. The SMILES string of the molecule is CCCNCCNCCc1ccc(OC)c(OC)c1. The van der Waals surface area contributed by atoms with Crippen LogP contribution in [0.1, 0.15) is 18.9 Å². The topological polar surface area (TPSA) is 42.5 Å². The molecule has 1 aromatic carbocycles. The minimum Gasteiger partial charge on any atom is -0.493 e. The van der Waals surface area contributed by atoms with Gasteiger partial charge in [-0.05, 0) is 43.6 Å². The monoisotopic (exact) mass is 266 g/mol. The number of nitrogens with one attached hydrogen (secondary N) is 2. The molecule has 0 aliphatic carbocycles. The van der Waals surface area contributed by atoms with Crippen molar-refractivity contribution in [2.45, 2.75) is 19.8 Å². The lowest BCUT2D eigenvalue weighted by molar-refractivity contribution is 0.354. The second-order valence-electron chi connectivity index (χ2n) is 4.44. The number of benzene rings is 1. The Hall–Kier alpha value is -1.26. The largest absolute Gasteiger partial charge is 0.493 e. The second-order valence-corrected chi connectivity index (χ2v) is 4.44. The van der Waals surface area contributed by atoms with E-state index < -0.39 is 0 Å². The predicted octanol–water partition coefficient (Wildman–Crippen LogP) is 1.84. The van der Waals surface area contributed by atoms with Crippen molar-refractivity contribution in [2.75, 3.05) is 40.4 Å². The smallest absolute Gasteiger partial charge is 0.160 e. The summed E-state index contributed by atoms with van der Waals surface area (Å²) >= 11 is 0. The van der Waals surface area contributed by atoms with Crippen LogP contribution in [0.4, 0.5) is 0 Å². The Morgan fingerprint density at radius 2 is 1.58 bits per heavy atom. The minimum absolute atomic E-state index is 0.781. The molecule has 2 N–H and O–H groups in total. The molecule has 1 rings (SSSR count). The van der Waals surface area contributed by atoms with Gasteiger partial charge in [-0.3, -0.25) is 0 Å². The highest BCUT2D eigenvalue weighted by molar-refractivity contribution is 5.42. The molecule has 0 saturated carbocycles. The summed E-state index contributed by atoms with van der Waals surface area (Å²) in [6.07, 6.45) is 2.18. The minimum atomic E-state index is 0.781. The summed E-state index contributed by atoms with van der Waals surface area (Å²) in [4.78, 5) is 0. The number of hydrogen-bond acceptors (Lipinski definition) is 4. The van der Waals surface area contributed by atoms with Gasteiger partial charge in [0.05, 0.1) is 14.2 Å². The third-order valence-electron chi connectivity index (χ3n) is 2.94. The Morgan fingerprint density at radius 1 is 0.895 bits per heavy atom. The average molecular weight is 266 g/mol. The van der Waals surface area contributed by atoms with Crippen LogP contribution in [0.2, 0.25) is 0 Å². The second kappa shape index (κ2) is 9.64. The zero-order valence-corrected chi connectivity index (χ0v) is 12.3. The first-order valence-corrected chi connectivity index (χ1v) is 6.94. The standard InChI is InChI=1S/C15H26N2O2/c1-4-8-16-10-11-17-9-7-13-5-6-14(18-2)15(12-13)19-3/h5-6,12,16-17H,4,7-11H2,1-3H3. The lowest BCUT2D eigenvalue weighted by Gasteiger charge is -2.10. The number of ether oxygens (including phenoxy) is 2. The molecule has 19 heavy (non-hydrogen) atoms. The lowest BCUT2D eigenvalue weighted by Crippen LogP contribution is -2.29. The summed E-state index contributed by atoms with van der Waals surface area (Å²) in [5.41, 5.74) is 1.26. The fourth-order valence-electron chi connectivity index (χ4n) is 1.87. The molecule has 4 heteroatoms. The van der Waals surface area contributed by atoms with Crippen molar-refractivity contribution in [1.29, 1.82) is 0 Å². The van der Waals surface area contributed by atoms with E-state index in [2.05, 4.69) is 23.6 Å². The first kappa shape index (κ1) is 15.8. The predicted molar refractivity (Wildman–Crippen MR) is 79.3 cm³/mol. The summed E-state index contributed by atoms with van der Waals surface area (Å²) in [6, 6.07) is 6.07. The third-order valence-corrected chi connectivity index (χ3v) is 2.94. The van der Waals surface area contributed by atoms with Gasteiger partial charge >= 0.3 is 0 Å². The summed E-state index contributed by atoms with van der Waals surface area (Å²) in [5.74, 6) is 1.58. The molecule has 4 nitrogen and oxygen atoms in total. The van der Waals surface area contributed by atoms with E-state index in [-0.39, 0.29) is 0 Å². The van der Waals surface area contributed by atoms with Gasteiger partial charge < -0.3 is 20.1 Å². The molecule has 0 aliphatic heterocycles. The number of methoxy groups -OCH3 is 2. The van der Waals surface area contributed by atoms with E-state index in [1.54, 1.807) is 14.2 Å². The molecule has 0 aliphatic rings. The highest BCUT2D eigenvalue weighted by atomic mass is 16.5. The van der Waals surface area contributed by atoms with E-state index in [1.165, 1.54) is 12.0 Å². The zero-order chi connectivity index (χ0) is 13.9. The van der Waals surface area contributed by atoms with Gasteiger partial charge in [0.1, 0.15) is 0 Å². The van der Waals surface area contributed by atoms with Crippen molar-refractivity contribution in [3.63, 3.8) is 0 Å². The van der Waals surface area contributed by atoms with Gasteiger partial charge in [-0.2, -0.15) is 0 Å². The van der Waals surface area contributed by atoms with Crippen LogP contribution in [0.15, 0.2) is 18.2 Å². The van der Waals surface area contributed by atoms with Crippen molar-refractivity contribution in [3.05, 3.63) is 23.8 Å². The van der Waals surface area contributed by atoms with Crippen LogP contribution >= 0.6 is 0 Å². The molecular weight excluding hydrogens is 240 g/mol. The van der Waals surface area contributed by atoms with Crippen molar-refractivity contribution in [2.24, 2.45) is 0 Å². The van der Waals surface area contributed by atoms with Crippen molar-refractivity contribution in [3.8, 4) is 11.5 Å². The van der Waals surface area contributed by atoms with Crippen LogP contribution in [-0.4, -0.2) is 40.4 Å². The van der Waals surface area contributed by atoms with Gasteiger partial charge in [0, 0.05) is 13.1 Å². The van der Waals surface area contributed by atoms with E-state index >= 15 is 0 Å². The fraction of sp³-hybridized carbons (Fsp3) is 0.600. The molecular formula is C15H26N2O2. The molecule has 0 unspecified atom stereocenters. The number of rotatable bonds is 10. The molecule has 0 atom stereocenters. The molecule has 0 aromatic heterocycles. The third kappa shape index (κ3) is 5.94. The fourth-order valence-corrected chi connectivity index (χ4v) is 1.87. The van der Waals surface area contributed by atoms with Crippen LogP contribution in [0.3, 0.4) is 0 Å². The maximum absolute atomic E-state index is 5.29. The van der Waals surface area contributed by atoms with Gasteiger partial charge in [-0.1, -0.05) is 13.0 Å². The van der Waals surface area contributed by atoms with Crippen LogP contribution in [-0.2, 0) is 6.42 Å². The van der Waals surface area contributed by atoms with Crippen LogP contribution in [0.5, 0.6) is 11.5 Å². The lowest BCUT2D eigenvalue weighted by atomic mass is 10.1. The van der Waals surface area contributed by atoms with E-state index in [1.807, 2.05) is 12.1 Å². The zero-order valence-electron chi connectivity index (χ0n) is 12.3. The summed E-state index contributed by atoms with van der Waals surface area (Å²) in [6.45, 7) is 6.28. The van der Waals surface area contributed by atoms with Crippen molar-refractivity contribution < 1.29 is 9.47 Å². The van der Waals surface area contributed by atoms with E-state index in [4.69, 9.17) is 9.47 Å². The van der Waals surface area contributed by atoms with Gasteiger partial charge in [0.25, 0.3) is 0 Å². The quantitative estimate of drug-likeness (QED) is 0.634. The van der Waals surface area contributed by atoms with Crippen LogP contribution in [0, 0.1) is 0 Å². The first-order chi connectivity index (χ1) is 9.31. The van der Waals surface area contributed by atoms with Crippen molar-refractivity contribution in [1.82, 2.24) is 10.6 Å². The Morgan fingerprint density at radius 3 is 2.21 bits per heavy atom. The highest BCUT2D eigenvalue weighted by Gasteiger charge is 2.03. The molecule has 0 bridgehead atoms. The van der Waals surface area contributed by atoms with Crippen LogP contribution < -0.4 is 20.1 Å². The molecule has 0 saturated heterocycles. The number of hydrogen-bond donors (Lipinski definition) is 2. The normalized spacial score (nSPS) is 10.5. The average Bonchev–Trinajstić information content (AvgIpc) is 2.46. The molecule has 0 amide bonds. The summed E-state index contributed by atoms with van der Waals surface area (Å²) < 4.78 is 10.5. The Balaban J connectivity index is 2.26. The molecule has 0 heterocycles. The van der Waals surface area contributed by atoms with Gasteiger partial charge in [0.2, 0.25) is 0 Å². The Kier molecular flexibility index (Phi) is 8.02. The van der Waals surface area contributed by atoms with Gasteiger partial charge in [0.15, 0.2) is 11.5 Å². The Labute approximate surface area is 116 Å². The van der Waals surface area contributed by atoms with Gasteiger partial charge in [-0.15, -0.1) is 0 Å². The molecule has 1 aromatic rings. The van der Waals surface area contributed by atoms with E-state index in [9.17, 15) is 0 Å². The molecule has 0 spiro atoms. The molecule has 0 radical (unpaired) electrons. The maximum Gasteiger partial charge on any atom is 0.160 e. The van der Waals surface area contributed by atoms with Crippen LogP contribution in [0.25, 0.3) is 0 Å². The summed E-state index contributed by atoms with van der Waals surface area (Å²) in [7, 11) is 3.32. The van der Waals surface area contributed by atoms with Gasteiger partial charge in [-0.25, -0.2) is 0 Å². The molecule has 0 fully saturated rings. The van der Waals surface area contributed by atoms with E-state index in [0.717, 1.165) is 44.1 Å². The Bertz CT molecular complexity index is 356. The summed E-state index contributed by atoms with van der Waals surface area (Å²) in [5, 5.41) is 6.79. The van der Waals surface area contributed by atoms with E-state index in [0.29, 0.717) is 0 Å².